The van der Waals surface area contributed by atoms with E-state index in [1.165, 1.54) is 0 Å². The Bertz CT molecular complexity index is 939. The second kappa shape index (κ2) is 8.90. The van der Waals surface area contributed by atoms with Gasteiger partial charge in [-0.2, -0.15) is 0 Å². The molecule has 0 saturated carbocycles. The van der Waals surface area contributed by atoms with Gasteiger partial charge in [0.25, 0.3) is 5.91 Å². The Balaban J connectivity index is 1.73. The number of nitrogens with zero attached hydrogens (tertiary/aromatic N) is 1. The van der Waals surface area contributed by atoms with Gasteiger partial charge in [0.1, 0.15) is 0 Å². The van der Waals surface area contributed by atoms with Crippen molar-refractivity contribution in [3.05, 3.63) is 59.2 Å². The first-order valence-electron chi connectivity index (χ1n) is 9.96. The van der Waals surface area contributed by atoms with E-state index in [1.54, 1.807) is 29.2 Å². The summed E-state index contributed by atoms with van der Waals surface area (Å²) in [7, 11) is 0. The maximum atomic E-state index is 12.8. The molecule has 0 spiro atoms. The van der Waals surface area contributed by atoms with E-state index in [0.29, 0.717) is 24.3 Å². The van der Waals surface area contributed by atoms with Crippen LogP contribution in [0.25, 0.3) is 0 Å². The summed E-state index contributed by atoms with van der Waals surface area (Å²) in [5, 5.41) is 5.67. The topological polar surface area (TPSA) is 78.5 Å². The van der Waals surface area contributed by atoms with Crippen molar-refractivity contribution < 1.29 is 14.4 Å². The molecule has 1 aliphatic heterocycles. The van der Waals surface area contributed by atoms with E-state index in [4.69, 9.17) is 0 Å². The average molecular weight is 393 g/mol. The van der Waals surface area contributed by atoms with Crippen LogP contribution in [0.3, 0.4) is 0 Å². The maximum Gasteiger partial charge on any atom is 0.253 e. The Morgan fingerprint density at radius 3 is 2.62 bits per heavy atom. The first-order chi connectivity index (χ1) is 13.9. The number of carbonyl (C=O) groups is 3. The summed E-state index contributed by atoms with van der Waals surface area (Å²) < 4.78 is 0. The first kappa shape index (κ1) is 20.6. The van der Waals surface area contributed by atoms with Crippen molar-refractivity contribution in [1.29, 1.82) is 0 Å². The molecule has 3 rings (SSSR count). The number of hydrogen-bond donors (Lipinski definition) is 2. The van der Waals surface area contributed by atoms with Crippen molar-refractivity contribution >= 4 is 29.1 Å². The number of anilines is 2. The summed E-state index contributed by atoms with van der Waals surface area (Å²) in [6.45, 7) is 6.86. The van der Waals surface area contributed by atoms with Crippen LogP contribution in [0.4, 0.5) is 11.4 Å². The molecular weight excluding hydrogens is 366 g/mol. The largest absolute Gasteiger partial charge is 0.352 e. The number of benzene rings is 2. The molecular formula is C23H27N3O3. The highest BCUT2D eigenvalue weighted by molar-refractivity contribution is 6.07. The summed E-state index contributed by atoms with van der Waals surface area (Å²) in [5.74, 6) is -0.996. The number of carbonyl (C=O) groups excluding carboxylic acids is 3. The lowest BCUT2D eigenvalue weighted by atomic mass is 10.1. The van der Waals surface area contributed by atoms with Crippen molar-refractivity contribution in [2.45, 2.75) is 33.6 Å². The van der Waals surface area contributed by atoms with E-state index in [0.717, 1.165) is 23.2 Å². The minimum Gasteiger partial charge on any atom is -0.352 e. The van der Waals surface area contributed by atoms with E-state index >= 15 is 0 Å². The van der Waals surface area contributed by atoms with Crippen molar-refractivity contribution in [2.75, 3.05) is 23.3 Å². The third kappa shape index (κ3) is 4.65. The number of rotatable bonds is 6. The minimum absolute atomic E-state index is 0.0638. The van der Waals surface area contributed by atoms with Crippen LogP contribution >= 0.6 is 0 Å². The van der Waals surface area contributed by atoms with Crippen LogP contribution in [0, 0.1) is 19.8 Å². The van der Waals surface area contributed by atoms with Gasteiger partial charge in [-0.15, -0.1) is 0 Å². The monoisotopic (exact) mass is 393 g/mol. The molecule has 1 atom stereocenters. The quantitative estimate of drug-likeness (QED) is 0.789. The van der Waals surface area contributed by atoms with Gasteiger partial charge in [0.2, 0.25) is 11.8 Å². The highest BCUT2D eigenvalue weighted by Crippen LogP contribution is 2.29. The maximum absolute atomic E-state index is 12.8. The lowest BCUT2D eigenvalue weighted by Crippen LogP contribution is -2.30. The van der Waals surface area contributed by atoms with Gasteiger partial charge in [-0.05, 0) is 44.0 Å². The van der Waals surface area contributed by atoms with Gasteiger partial charge < -0.3 is 15.5 Å². The summed E-state index contributed by atoms with van der Waals surface area (Å²) in [6, 6.07) is 12.8. The molecule has 1 saturated heterocycles. The van der Waals surface area contributed by atoms with Gasteiger partial charge in [0.15, 0.2) is 0 Å². The normalized spacial score (nSPS) is 16.0. The molecule has 152 valence electrons. The lowest BCUT2D eigenvalue weighted by Gasteiger charge is -2.19. The fraction of sp³-hybridized carbons (Fsp3) is 0.348. The molecule has 29 heavy (non-hydrogen) atoms. The third-order valence-electron chi connectivity index (χ3n) is 5.10. The van der Waals surface area contributed by atoms with Gasteiger partial charge in [0.05, 0.1) is 17.2 Å². The van der Waals surface area contributed by atoms with Crippen molar-refractivity contribution in [3.8, 4) is 0 Å². The van der Waals surface area contributed by atoms with Crippen LogP contribution in [0.15, 0.2) is 42.5 Å². The summed E-state index contributed by atoms with van der Waals surface area (Å²) in [4.78, 5) is 39.4. The Labute approximate surface area is 171 Å². The number of nitrogens with one attached hydrogen (secondary N) is 2. The lowest BCUT2D eigenvalue weighted by molar-refractivity contribution is -0.122. The Hall–Kier alpha value is -3.15. The fourth-order valence-electron chi connectivity index (χ4n) is 3.58. The Kier molecular flexibility index (Phi) is 6.32. The summed E-state index contributed by atoms with van der Waals surface area (Å²) in [5.41, 5.74) is 3.87. The standard InChI is InChI=1S/C23H27N3O3/c1-4-11-24-23(29)18-7-5-6-8-19(18)25-22(28)17-13-21(27)26(14-17)20-10-9-15(2)12-16(20)3/h5-10,12,17H,4,11,13-14H2,1-3H3,(H,24,29)(H,25,28). The van der Waals surface area contributed by atoms with E-state index in [2.05, 4.69) is 10.6 Å². The predicted octanol–water partition coefficient (Wildman–Crippen LogP) is 3.43. The average Bonchev–Trinajstić information content (AvgIpc) is 3.08. The summed E-state index contributed by atoms with van der Waals surface area (Å²) >= 11 is 0. The number of amides is 3. The van der Waals surface area contributed by atoms with Gasteiger partial charge in [-0.1, -0.05) is 36.8 Å². The molecule has 3 amide bonds. The minimum atomic E-state index is -0.463. The highest BCUT2D eigenvalue weighted by atomic mass is 16.2. The van der Waals surface area contributed by atoms with Gasteiger partial charge in [0, 0.05) is 25.2 Å². The Morgan fingerprint density at radius 1 is 1.14 bits per heavy atom. The van der Waals surface area contributed by atoms with E-state index in [-0.39, 0.29) is 24.1 Å². The highest BCUT2D eigenvalue weighted by Gasteiger charge is 2.36. The van der Waals surface area contributed by atoms with Crippen LogP contribution in [-0.4, -0.2) is 30.8 Å². The smallest absolute Gasteiger partial charge is 0.253 e. The van der Waals surface area contributed by atoms with Crippen LogP contribution < -0.4 is 15.5 Å². The molecule has 6 nitrogen and oxygen atoms in total. The van der Waals surface area contributed by atoms with Gasteiger partial charge in [-0.3, -0.25) is 14.4 Å². The SMILES string of the molecule is CCCNC(=O)c1ccccc1NC(=O)C1CC(=O)N(c2ccc(C)cc2C)C1. The molecule has 0 radical (unpaired) electrons. The molecule has 2 aromatic rings. The molecule has 1 unspecified atom stereocenters. The van der Waals surface area contributed by atoms with Crippen molar-refractivity contribution in [2.24, 2.45) is 5.92 Å². The third-order valence-corrected chi connectivity index (χ3v) is 5.10. The molecule has 6 heteroatoms. The molecule has 1 aliphatic rings. The van der Waals surface area contributed by atoms with E-state index in [1.807, 2.05) is 39.0 Å². The van der Waals surface area contributed by atoms with Crippen LogP contribution in [0.2, 0.25) is 0 Å². The molecule has 2 aromatic carbocycles. The first-order valence-corrected chi connectivity index (χ1v) is 9.96. The zero-order valence-corrected chi connectivity index (χ0v) is 17.1. The molecule has 0 aromatic heterocycles. The second-order valence-corrected chi connectivity index (χ2v) is 7.49. The molecule has 1 fully saturated rings. The number of para-hydroxylation sites is 1. The molecule has 2 N–H and O–H groups in total. The van der Waals surface area contributed by atoms with Crippen LogP contribution in [-0.2, 0) is 9.59 Å². The van der Waals surface area contributed by atoms with Crippen molar-refractivity contribution in [3.63, 3.8) is 0 Å². The zero-order chi connectivity index (χ0) is 21.0. The summed E-state index contributed by atoms with van der Waals surface area (Å²) in [6.07, 6.45) is 0.988. The van der Waals surface area contributed by atoms with Crippen molar-refractivity contribution in [1.82, 2.24) is 5.32 Å². The molecule has 0 aliphatic carbocycles. The van der Waals surface area contributed by atoms with E-state index in [9.17, 15) is 14.4 Å². The van der Waals surface area contributed by atoms with Crippen LogP contribution in [0.5, 0.6) is 0 Å². The molecule has 1 heterocycles. The fourth-order valence-corrected chi connectivity index (χ4v) is 3.58. The second-order valence-electron chi connectivity index (χ2n) is 7.49. The predicted molar refractivity (Wildman–Crippen MR) is 114 cm³/mol. The van der Waals surface area contributed by atoms with Gasteiger partial charge in [-0.25, -0.2) is 0 Å². The number of hydrogen-bond acceptors (Lipinski definition) is 3. The van der Waals surface area contributed by atoms with Gasteiger partial charge >= 0.3 is 0 Å². The zero-order valence-electron chi connectivity index (χ0n) is 17.1. The van der Waals surface area contributed by atoms with Crippen LogP contribution in [0.1, 0.15) is 41.3 Å². The Morgan fingerprint density at radius 2 is 1.90 bits per heavy atom. The molecule has 0 bridgehead atoms. The van der Waals surface area contributed by atoms with E-state index < -0.39 is 5.92 Å². The number of aryl methyl sites for hydroxylation is 2.